The standard InChI is InChI=1S/C25H38ClNO4/c1-17(2)20(15-27(18(3)28)13-9-10-23(29)30)25(7,8)19-11-12-22(21(26)14-19)31-16-24(4,5)6/h11-12,14-15,17H,9-10,13,16H2,1-8H3,(H,29,30)/b20-15-. The fourth-order valence-electron chi connectivity index (χ4n) is 3.38. The summed E-state index contributed by atoms with van der Waals surface area (Å²) in [7, 11) is 0. The molecule has 0 aromatic heterocycles. The van der Waals surface area contributed by atoms with Crippen LogP contribution in [0.4, 0.5) is 0 Å². The Bertz CT molecular complexity index is 806. The number of hydrogen-bond donors (Lipinski definition) is 1. The number of ether oxygens (including phenoxy) is 1. The molecule has 0 aliphatic heterocycles. The van der Waals surface area contributed by atoms with E-state index in [-0.39, 0.29) is 29.1 Å². The zero-order valence-electron chi connectivity index (χ0n) is 20.2. The summed E-state index contributed by atoms with van der Waals surface area (Å²) >= 11 is 6.54. The van der Waals surface area contributed by atoms with Crippen LogP contribution in [0.1, 0.15) is 73.8 Å². The summed E-state index contributed by atoms with van der Waals surface area (Å²) in [5, 5.41) is 9.46. The van der Waals surface area contributed by atoms with Gasteiger partial charge in [0.2, 0.25) is 5.91 Å². The van der Waals surface area contributed by atoms with Crippen molar-refractivity contribution in [3.8, 4) is 5.75 Å². The number of amides is 1. The van der Waals surface area contributed by atoms with Gasteiger partial charge in [-0.05, 0) is 41.0 Å². The van der Waals surface area contributed by atoms with Gasteiger partial charge in [0.1, 0.15) is 5.75 Å². The van der Waals surface area contributed by atoms with Gasteiger partial charge in [-0.1, -0.05) is 66.1 Å². The molecule has 0 atom stereocenters. The van der Waals surface area contributed by atoms with Gasteiger partial charge in [0.25, 0.3) is 0 Å². The highest BCUT2D eigenvalue weighted by molar-refractivity contribution is 6.32. The molecule has 0 radical (unpaired) electrons. The molecule has 0 aliphatic rings. The van der Waals surface area contributed by atoms with Crippen LogP contribution in [0.25, 0.3) is 0 Å². The van der Waals surface area contributed by atoms with Gasteiger partial charge in [-0.3, -0.25) is 9.59 Å². The minimum absolute atomic E-state index is 0.0314. The van der Waals surface area contributed by atoms with Crippen molar-refractivity contribution in [1.82, 2.24) is 4.90 Å². The summed E-state index contributed by atoms with van der Waals surface area (Å²) in [5.74, 6) is -0.138. The average molecular weight is 452 g/mol. The summed E-state index contributed by atoms with van der Waals surface area (Å²) in [6.45, 7) is 17.1. The van der Waals surface area contributed by atoms with Crippen molar-refractivity contribution < 1.29 is 19.4 Å². The Morgan fingerprint density at radius 3 is 2.26 bits per heavy atom. The molecular formula is C25H38ClNO4. The van der Waals surface area contributed by atoms with Gasteiger partial charge in [-0.25, -0.2) is 0 Å². The van der Waals surface area contributed by atoms with E-state index in [1.807, 2.05) is 24.4 Å². The monoisotopic (exact) mass is 451 g/mol. The highest BCUT2D eigenvalue weighted by Gasteiger charge is 2.29. The Balaban J connectivity index is 3.22. The first-order valence-electron chi connectivity index (χ1n) is 10.8. The molecule has 1 aromatic rings. The molecule has 0 unspecified atom stereocenters. The minimum Gasteiger partial charge on any atom is -0.491 e. The molecule has 0 saturated heterocycles. The van der Waals surface area contributed by atoms with E-state index in [1.165, 1.54) is 6.92 Å². The third-order valence-corrected chi connectivity index (χ3v) is 5.44. The predicted molar refractivity (Wildman–Crippen MR) is 127 cm³/mol. The first-order valence-corrected chi connectivity index (χ1v) is 11.2. The maximum absolute atomic E-state index is 12.2. The number of carbonyl (C=O) groups excluding carboxylic acids is 1. The molecule has 0 spiro atoms. The topological polar surface area (TPSA) is 66.8 Å². The minimum atomic E-state index is -0.861. The number of aliphatic carboxylic acids is 1. The van der Waals surface area contributed by atoms with E-state index in [0.717, 1.165) is 11.1 Å². The zero-order chi connectivity index (χ0) is 24.0. The number of carboxylic acid groups (broad SMARTS) is 1. The highest BCUT2D eigenvalue weighted by Crippen LogP contribution is 2.39. The molecular weight excluding hydrogens is 414 g/mol. The number of nitrogens with zero attached hydrogens (tertiary/aromatic N) is 1. The molecule has 1 N–H and O–H groups in total. The van der Waals surface area contributed by atoms with Crippen LogP contribution in [0.15, 0.2) is 30.0 Å². The summed E-state index contributed by atoms with van der Waals surface area (Å²) in [4.78, 5) is 24.6. The van der Waals surface area contributed by atoms with Gasteiger partial charge in [0.15, 0.2) is 0 Å². The van der Waals surface area contributed by atoms with E-state index in [9.17, 15) is 9.59 Å². The molecule has 31 heavy (non-hydrogen) atoms. The Morgan fingerprint density at radius 2 is 1.81 bits per heavy atom. The van der Waals surface area contributed by atoms with Crippen LogP contribution in [0.5, 0.6) is 5.75 Å². The number of carbonyl (C=O) groups is 2. The lowest BCUT2D eigenvalue weighted by molar-refractivity contribution is -0.137. The number of hydrogen-bond acceptors (Lipinski definition) is 3. The lowest BCUT2D eigenvalue weighted by Gasteiger charge is -2.34. The van der Waals surface area contributed by atoms with Gasteiger partial charge in [0, 0.05) is 31.5 Å². The van der Waals surface area contributed by atoms with E-state index in [0.29, 0.717) is 30.3 Å². The summed E-state index contributed by atoms with van der Waals surface area (Å²) < 4.78 is 5.89. The van der Waals surface area contributed by atoms with Crippen molar-refractivity contribution in [2.75, 3.05) is 13.2 Å². The smallest absolute Gasteiger partial charge is 0.303 e. The Kier molecular flexibility index (Phi) is 9.62. The second-order valence-electron chi connectivity index (χ2n) is 10.1. The van der Waals surface area contributed by atoms with Gasteiger partial charge >= 0.3 is 5.97 Å². The van der Waals surface area contributed by atoms with E-state index >= 15 is 0 Å². The van der Waals surface area contributed by atoms with Crippen molar-refractivity contribution in [3.05, 3.63) is 40.6 Å². The Morgan fingerprint density at radius 1 is 1.19 bits per heavy atom. The van der Waals surface area contributed by atoms with E-state index < -0.39 is 5.97 Å². The normalized spacial score (nSPS) is 12.8. The van der Waals surface area contributed by atoms with Crippen LogP contribution >= 0.6 is 11.6 Å². The van der Waals surface area contributed by atoms with Crippen LogP contribution in [0.3, 0.4) is 0 Å². The molecule has 0 aliphatic carbocycles. The molecule has 174 valence electrons. The van der Waals surface area contributed by atoms with Gasteiger partial charge < -0.3 is 14.7 Å². The molecule has 5 nitrogen and oxygen atoms in total. The van der Waals surface area contributed by atoms with Crippen molar-refractivity contribution >= 4 is 23.5 Å². The Labute approximate surface area is 192 Å². The van der Waals surface area contributed by atoms with Crippen LogP contribution < -0.4 is 4.74 Å². The van der Waals surface area contributed by atoms with Crippen molar-refractivity contribution in [1.29, 1.82) is 0 Å². The van der Waals surface area contributed by atoms with Gasteiger partial charge in [-0.15, -0.1) is 0 Å². The molecule has 1 aromatic carbocycles. The van der Waals surface area contributed by atoms with Gasteiger partial charge in [0.05, 0.1) is 11.6 Å². The quantitative estimate of drug-likeness (QED) is 0.453. The van der Waals surface area contributed by atoms with Crippen LogP contribution in [0.2, 0.25) is 5.02 Å². The maximum Gasteiger partial charge on any atom is 0.303 e. The molecule has 0 fully saturated rings. The summed E-state index contributed by atoms with van der Waals surface area (Å²) in [6.07, 6.45) is 2.32. The second-order valence-corrected chi connectivity index (χ2v) is 10.5. The summed E-state index contributed by atoms with van der Waals surface area (Å²) in [5.41, 5.74) is 1.74. The lowest BCUT2D eigenvalue weighted by atomic mass is 9.73. The molecule has 0 saturated carbocycles. The first kappa shape index (κ1) is 27.0. The largest absolute Gasteiger partial charge is 0.491 e. The number of rotatable bonds is 10. The highest BCUT2D eigenvalue weighted by atomic mass is 35.5. The van der Waals surface area contributed by atoms with Crippen molar-refractivity contribution in [2.24, 2.45) is 11.3 Å². The molecule has 0 bridgehead atoms. The van der Waals surface area contributed by atoms with Crippen molar-refractivity contribution in [2.45, 2.75) is 73.6 Å². The molecule has 6 heteroatoms. The number of halogens is 1. The maximum atomic E-state index is 12.2. The predicted octanol–water partition coefficient (Wildman–Crippen LogP) is 6.30. The van der Waals surface area contributed by atoms with E-state index in [1.54, 1.807) is 4.90 Å². The summed E-state index contributed by atoms with van der Waals surface area (Å²) in [6, 6.07) is 5.85. The first-order chi connectivity index (χ1) is 14.1. The van der Waals surface area contributed by atoms with Crippen LogP contribution in [-0.4, -0.2) is 35.0 Å². The van der Waals surface area contributed by atoms with Crippen molar-refractivity contribution in [3.63, 3.8) is 0 Å². The van der Waals surface area contributed by atoms with Gasteiger partial charge in [-0.2, -0.15) is 0 Å². The van der Waals surface area contributed by atoms with E-state index in [2.05, 4.69) is 48.5 Å². The van der Waals surface area contributed by atoms with Crippen LogP contribution in [0, 0.1) is 11.3 Å². The van der Waals surface area contributed by atoms with E-state index in [4.69, 9.17) is 21.4 Å². The second kappa shape index (κ2) is 11.0. The third-order valence-electron chi connectivity index (χ3n) is 5.15. The fourth-order valence-corrected chi connectivity index (χ4v) is 3.62. The zero-order valence-corrected chi connectivity index (χ0v) is 21.0. The molecule has 0 heterocycles. The van der Waals surface area contributed by atoms with Crippen LogP contribution in [-0.2, 0) is 15.0 Å². The fraction of sp³-hybridized carbons (Fsp3) is 0.600. The number of benzene rings is 1. The molecule has 1 rings (SSSR count). The average Bonchev–Trinajstić information content (AvgIpc) is 2.61. The Hall–Kier alpha value is -2.01. The third kappa shape index (κ3) is 8.56. The SMILES string of the molecule is CC(=O)N(/C=C(/C(C)C)C(C)(C)c1ccc(OCC(C)(C)C)c(Cl)c1)CCCC(=O)O. The number of carboxylic acids is 1. The number of allylic oxidation sites excluding steroid dienone is 1. The molecule has 1 amide bonds. The lowest BCUT2D eigenvalue weighted by Crippen LogP contribution is -2.30.